The summed E-state index contributed by atoms with van der Waals surface area (Å²) in [5.74, 6) is -1.11. The summed E-state index contributed by atoms with van der Waals surface area (Å²) in [6.07, 6.45) is 11.5. The standard InChI is InChI=1S/C35H41N7O2.C34H39N7O2.C33H35F2N7O3/c1-5-30(43)42-18-17-39(19-25(42)14-15-36)33-27-20-41(21-29(27)37-34(38-33)44-22-40-16-8-9-23(40)2)32-26-12-6-10-24-11-7-13-28(31(24)26)35(32,3)4;1-4-30(42)41-17-16-38(18-25(41)13-14-35)33-28-19-40(20-29(28)36-34(37-33)43-21-39-15-7-8-22(39)2)32-23(3)26-11-5-9-24-10-6-12-27(32)31(24)26;1-3-28(44)42-13-12-39(16-22(42)9-10-36)31-25-17-41(18-27(25)37-32(38-31)45-19-40-11-5-6-20(40)2)30-24-15-23(43)14-21-7-4-8-26(29(21)24)33(30,34)35/h5-7,10-13,23,25,32H,1,8-9,14,16-22H2,2-4H3;4-6,9-12,22-23,25,32H,1,7-8,13,15-21H2,2-3H3;3-4,7-8,14-15,20,22,30,43H,1,5-6,9,11-13,16-19H2,2H3/t23?,25-,32?;22?,23?,25-,32?;20?,22-,30?/m000/s1. The average Bonchev–Trinajstić information content (AvgIpc) is 1.56. The van der Waals surface area contributed by atoms with Crippen molar-refractivity contribution in [2.45, 2.75) is 210 Å². The monoisotopic (exact) mass is 1780 g/mol. The Balaban J connectivity index is 0.000000128. The molecule has 21 rings (SSSR count). The molecular formula is C102H115F2N21O7. The molecule has 0 bridgehead atoms. The summed E-state index contributed by atoms with van der Waals surface area (Å²) in [7, 11) is 0. The predicted molar refractivity (Wildman–Crippen MR) is 498 cm³/mol. The number of aromatic hydroxyl groups is 1. The lowest BCUT2D eigenvalue weighted by Crippen LogP contribution is -2.55. The summed E-state index contributed by atoms with van der Waals surface area (Å²) in [6.45, 7) is 36.5. The van der Waals surface area contributed by atoms with Gasteiger partial charge in [0.2, 0.25) is 17.7 Å². The first-order valence-corrected chi connectivity index (χ1v) is 46.8. The number of ether oxygens (including phenoxy) is 3. The highest BCUT2D eigenvalue weighted by Gasteiger charge is 2.55. The number of rotatable bonds is 21. The SMILES string of the molecule is C=CC(=O)N1CCN(c2nc(OCN3CCCC3C)nc3c2CN(C2c4cc(O)cc5cccc(c45)C2(F)F)C3)C[C@@H]1CC#N.C=CC(=O)N1CCN(c2nc(OCN3CCCC3C)nc3c2CN(C2c4cccc5cccc(c45)C2(C)C)C3)C[C@@H]1CC#N.C=CC(=O)N1CCN(c2nc(OCN3CCCC3C)nc3c2CN(C2c4cccc5cccc(c45)C2C)C3)C[C@@H]1CC#N. The molecule has 12 heterocycles. The molecule has 3 amide bonds. The second-order valence-corrected chi connectivity index (χ2v) is 38.2. The molecule has 30 heteroatoms. The van der Waals surface area contributed by atoms with Crippen molar-refractivity contribution in [1.82, 2.24) is 74.0 Å². The number of nitrogens with zero attached hydrogens (tertiary/aromatic N) is 21. The fraction of sp³-hybridized carbons (Fsp3) is 0.471. The zero-order valence-electron chi connectivity index (χ0n) is 76.2. The molecule has 9 aromatic rings. The normalized spacial score (nSPS) is 24.6. The number of likely N-dealkylation sites (tertiary alicyclic amines) is 3. The average molecular weight is 1790 g/mol. The molecule has 0 saturated carbocycles. The first-order valence-electron chi connectivity index (χ1n) is 46.8. The number of halogens is 2. The van der Waals surface area contributed by atoms with Gasteiger partial charge >= 0.3 is 18.0 Å². The highest BCUT2D eigenvalue weighted by molar-refractivity contribution is 5.96. The van der Waals surface area contributed by atoms with Gasteiger partial charge in [-0.05, 0) is 150 Å². The second kappa shape index (κ2) is 36.7. The van der Waals surface area contributed by atoms with Crippen LogP contribution in [0.2, 0.25) is 0 Å². The van der Waals surface area contributed by atoms with Crippen LogP contribution >= 0.6 is 0 Å². The third kappa shape index (κ3) is 16.4. The van der Waals surface area contributed by atoms with Crippen LogP contribution in [-0.4, -0.2) is 232 Å². The van der Waals surface area contributed by atoms with Crippen molar-refractivity contribution in [3.8, 4) is 42.0 Å². The summed E-state index contributed by atoms with van der Waals surface area (Å²) in [4.78, 5) is 92.8. The van der Waals surface area contributed by atoms with E-state index in [0.29, 0.717) is 150 Å². The van der Waals surface area contributed by atoms with Crippen LogP contribution < -0.4 is 28.9 Å². The van der Waals surface area contributed by atoms with E-state index in [4.69, 9.17) is 44.1 Å². The number of hydrogen-bond donors (Lipinski definition) is 1. The number of phenolic OH excluding ortho intramolecular Hbond substituents is 1. The van der Waals surface area contributed by atoms with Gasteiger partial charge in [0.25, 0.3) is 5.92 Å². The molecule has 132 heavy (non-hydrogen) atoms. The number of carbonyl (C=O) groups excluding carboxylic acids is 3. The molecule has 684 valence electrons. The van der Waals surface area contributed by atoms with Gasteiger partial charge < -0.3 is 48.7 Å². The largest absolute Gasteiger partial charge is 0.508 e. The number of fused-ring (bicyclic) bond motifs is 3. The van der Waals surface area contributed by atoms with Crippen molar-refractivity contribution in [1.29, 1.82) is 15.8 Å². The zero-order chi connectivity index (χ0) is 91.7. The molecule has 1 N–H and O–H groups in total. The molecule has 7 unspecified atom stereocenters. The van der Waals surface area contributed by atoms with Crippen LogP contribution in [0.3, 0.4) is 0 Å². The number of hydrogen-bond acceptors (Lipinski definition) is 25. The Morgan fingerprint density at radius 1 is 0.455 bits per heavy atom. The van der Waals surface area contributed by atoms with Crippen LogP contribution in [0.25, 0.3) is 32.3 Å². The molecule has 0 spiro atoms. The fourth-order valence-electron chi connectivity index (χ4n) is 23.4. The molecule has 12 aliphatic rings. The number of nitriles is 3. The minimum Gasteiger partial charge on any atom is -0.508 e. The summed E-state index contributed by atoms with van der Waals surface area (Å²) in [5.41, 5.74) is 11.4. The Kier molecular flexibility index (Phi) is 24.7. The molecule has 6 fully saturated rings. The number of alkyl halides is 2. The molecule has 6 saturated heterocycles. The Bertz CT molecular complexity index is 6160. The van der Waals surface area contributed by atoms with E-state index in [9.17, 15) is 35.3 Å². The first kappa shape index (κ1) is 88.9. The van der Waals surface area contributed by atoms with E-state index in [1.165, 1.54) is 106 Å². The molecule has 6 aromatic carbocycles. The highest BCUT2D eigenvalue weighted by atomic mass is 19.3. The van der Waals surface area contributed by atoms with Gasteiger partial charge in [0.15, 0.2) is 0 Å². The summed E-state index contributed by atoms with van der Waals surface area (Å²) in [6, 6.07) is 41.7. The predicted octanol–water partition coefficient (Wildman–Crippen LogP) is 14.1. The minimum atomic E-state index is -3.20. The van der Waals surface area contributed by atoms with Gasteiger partial charge in [0.1, 0.15) is 49.4 Å². The van der Waals surface area contributed by atoms with Crippen molar-refractivity contribution in [3.05, 3.63) is 208 Å². The smallest absolute Gasteiger partial charge is 0.319 e. The highest BCUT2D eigenvalue weighted by Crippen LogP contribution is 2.59. The van der Waals surface area contributed by atoms with Crippen molar-refractivity contribution in [2.24, 2.45) is 0 Å². The van der Waals surface area contributed by atoms with E-state index in [1.807, 2.05) is 4.90 Å². The van der Waals surface area contributed by atoms with Gasteiger partial charge in [-0.1, -0.05) is 132 Å². The van der Waals surface area contributed by atoms with Gasteiger partial charge in [-0.3, -0.25) is 43.8 Å². The number of aromatic nitrogens is 6. The van der Waals surface area contributed by atoms with E-state index < -0.39 is 12.0 Å². The van der Waals surface area contributed by atoms with Crippen LogP contribution in [0.1, 0.15) is 191 Å². The topological polar surface area (TPSA) is 287 Å². The van der Waals surface area contributed by atoms with Crippen molar-refractivity contribution < 1.29 is 42.5 Å². The van der Waals surface area contributed by atoms with Gasteiger partial charge in [-0.25, -0.2) is 0 Å². The minimum absolute atomic E-state index is 0.0478. The number of piperazine rings is 3. The summed E-state index contributed by atoms with van der Waals surface area (Å²) >= 11 is 0. The molecule has 28 nitrogen and oxygen atoms in total. The molecular weight excluding hydrogens is 1670 g/mol. The maximum Gasteiger partial charge on any atom is 0.319 e. The lowest BCUT2D eigenvalue weighted by atomic mass is 9.81. The van der Waals surface area contributed by atoms with Gasteiger partial charge in [-0.2, -0.15) is 54.5 Å². The third-order valence-electron chi connectivity index (χ3n) is 30.1. The molecule has 3 aliphatic carbocycles. The molecule has 0 radical (unpaired) electrons. The maximum absolute atomic E-state index is 16.3. The van der Waals surface area contributed by atoms with E-state index in [-0.39, 0.29) is 103 Å². The van der Waals surface area contributed by atoms with E-state index >= 15 is 8.78 Å². The molecule has 3 aromatic heterocycles. The second-order valence-electron chi connectivity index (χ2n) is 38.2. The van der Waals surface area contributed by atoms with Crippen LogP contribution in [0.4, 0.5) is 26.2 Å². The van der Waals surface area contributed by atoms with Crippen molar-refractivity contribution in [2.75, 3.05) is 113 Å². The Labute approximate surface area is 769 Å². The number of phenols is 1. The number of benzene rings is 6. The van der Waals surface area contributed by atoms with Crippen LogP contribution in [0, 0.1) is 34.0 Å². The van der Waals surface area contributed by atoms with Crippen molar-refractivity contribution >= 4 is 67.5 Å². The van der Waals surface area contributed by atoms with Crippen molar-refractivity contribution in [3.63, 3.8) is 0 Å². The van der Waals surface area contributed by atoms with Crippen LogP contribution in [-0.2, 0) is 65.0 Å². The lowest BCUT2D eigenvalue weighted by Gasteiger charge is -2.41. The quantitative estimate of drug-likeness (QED) is 0.0654. The van der Waals surface area contributed by atoms with Gasteiger partial charge in [0.05, 0.1) is 72.7 Å². The van der Waals surface area contributed by atoms with E-state index in [2.05, 4.69) is 187 Å². The molecule has 10 atom stereocenters. The van der Waals surface area contributed by atoms with Crippen LogP contribution in [0.15, 0.2) is 141 Å². The van der Waals surface area contributed by atoms with E-state index in [1.54, 1.807) is 31.7 Å². The van der Waals surface area contributed by atoms with Gasteiger partial charge in [-0.15, -0.1) is 0 Å². The third-order valence-corrected chi connectivity index (χ3v) is 30.1. The fourth-order valence-corrected chi connectivity index (χ4v) is 23.4. The number of amides is 3. The Morgan fingerprint density at radius 2 is 0.833 bits per heavy atom. The van der Waals surface area contributed by atoms with E-state index in [0.717, 1.165) is 91.8 Å². The van der Waals surface area contributed by atoms with Gasteiger partial charge in [0, 0.05) is 182 Å². The maximum atomic E-state index is 16.3. The number of carbonyl (C=O) groups is 3. The number of anilines is 3. The Hall–Kier alpha value is -12.3. The molecule has 9 aliphatic heterocycles. The summed E-state index contributed by atoms with van der Waals surface area (Å²) in [5, 5.41) is 45.5. The zero-order valence-corrected chi connectivity index (χ0v) is 76.2. The summed E-state index contributed by atoms with van der Waals surface area (Å²) < 4.78 is 51.2. The first-order chi connectivity index (χ1) is 63.9. The van der Waals surface area contributed by atoms with Crippen LogP contribution in [0.5, 0.6) is 23.8 Å². The Morgan fingerprint density at radius 3 is 1.26 bits per heavy atom. The lowest BCUT2D eigenvalue weighted by molar-refractivity contribution is -0.129.